The van der Waals surface area contributed by atoms with Crippen LogP contribution in [0.25, 0.3) is 38.7 Å². The van der Waals surface area contributed by atoms with Gasteiger partial charge in [-0.3, -0.25) is 4.40 Å². The molecule has 0 saturated heterocycles. The van der Waals surface area contributed by atoms with Crippen molar-refractivity contribution in [2.45, 2.75) is 19.4 Å². The maximum absolute atomic E-state index is 4.90. The van der Waals surface area contributed by atoms with E-state index in [0.29, 0.717) is 0 Å². The molecule has 0 aliphatic rings. The van der Waals surface area contributed by atoms with Gasteiger partial charge >= 0.3 is 0 Å². The Morgan fingerprint density at radius 2 is 1.56 bits per heavy atom. The Hall–Kier alpha value is -3.37. The summed E-state index contributed by atoms with van der Waals surface area (Å²) in [6, 6.07) is 30.1. The Balaban J connectivity index is 1.50. The molecule has 6 rings (SSSR count). The minimum Gasteiger partial charge on any atom is -0.337 e. The summed E-state index contributed by atoms with van der Waals surface area (Å²) in [6.45, 7) is 0.957. The van der Waals surface area contributed by atoms with E-state index < -0.39 is 0 Å². The quantitative estimate of drug-likeness (QED) is 0.250. The molecular weight excluding hydrogens is 458 g/mol. The van der Waals surface area contributed by atoms with E-state index in [2.05, 4.69) is 116 Å². The molecule has 0 amide bonds. The van der Waals surface area contributed by atoms with Crippen molar-refractivity contribution in [3.05, 3.63) is 107 Å². The molecule has 0 bridgehead atoms. The summed E-state index contributed by atoms with van der Waals surface area (Å²) in [5.41, 5.74) is 7.15. The zero-order chi connectivity index (χ0) is 21.5. The van der Waals surface area contributed by atoms with E-state index >= 15 is 0 Å². The number of hydrogen-bond acceptors (Lipinski definition) is 1. The lowest BCUT2D eigenvalue weighted by molar-refractivity contribution is 0.678. The van der Waals surface area contributed by atoms with Crippen LogP contribution in [-0.4, -0.2) is 14.0 Å². The van der Waals surface area contributed by atoms with E-state index in [9.17, 15) is 0 Å². The van der Waals surface area contributed by atoms with Gasteiger partial charge in [0.1, 0.15) is 0 Å². The highest BCUT2D eigenvalue weighted by molar-refractivity contribution is 9.10. The number of fused-ring (bicyclic) bond motifs is 5. The molecule has 3 aromatic carbocycles. The smallest absolute Gasteiger partial charge is 0.161 e. The monoisotopic (exact) mass is 479 g/mol. The molecule has 3 aromatic heterocycles. The number of para-hydroxylation sites is 1. The van der Waals surface area contributed by atoms with Crippen LogP contribution in [0.15, 0.2) is 102 Å². The van der Waals surface area contributed by atoms with Gasteiger partial charge in [-0.2, -0.15) is 0 Å². The number of nitrogens with zero attached hydrogens (tertiary/aromatic N) is 3. The lowest BCUT2D eigenvalue weighted by atomic mass is 10.1. The van der Waals surface area contributed by atoms with Crippen molar-refractivity contribution in [3.63, 3.8) is 0 Å². The first-order valence-electron chi connectivity index (χ1n) is 11.0. The number of pyridine rings is 1. The van der Waals surface area contributed by atoms with E-state index in [1.54, 1.807) is 0 Å². The van der Waals surface area contributed by atoms with Gasteiger partial charge in [-0.15, -0.1) is 0 Å². The van der Waals surface area contributed by atoms with Crippen LogP contribution in [0, 0.1) is 0 Å². The third-order valence-corrected chi connectivity index (χ3v) is 6.77. The van der Waals surface area contributed by atoms with Crippen LogP contribution in [0.1, 0.15) is 12.0 Å². The van der Waals surface area contributed by atoms with Crippen molar-refractivity contribution in [3.8, 4) is 11.3 Å². The number of aromatic nitrogens is 3. The molecule has 6 aromatic rings. The summed E-state index contributed by atoms with van der Waals surface area (Å²) in [7, 11) is 0. The minimum atomic E-state index is 0.957. The standard InChI is InChI=1S/C28H22BrN3/c29-22-14-12-21(13-15-22)26-19-30-28-27-24(16-18-32(26)28)23-10-4-5-11-25(23)31(27)17-6-9-20-7-2-1-3-8-20/h1-5,7-8,10-16,18-19H,6,9,17H2. The largest absolute Gasteiger partial charge is 0.337 e. The third-order valence-electron chi connectivity index (χ3n) is 6.24. The predicted octanol–water partition coefficient (Wildman–Crippen LogP) is 7.50. The Kier molecular flexibility index (Phi) is 4.80. The van der Waals surface area contributed by atoms with Crippen molar-refractivity contribution >= 4 is 43.4 Å². The summed E-state index contributed by atoms with van der Waals surface area (Å²) < 4.78 is 5.76. The normalized spacial score (nSPS) is 11.7. The van der Waals surface area contributed by atoms with Gasteiger partial charge in [-0.25, -0.2) is 4.98 Å². The highest BCUT2D eigenvalue weighted by Crippen LogP contribution is 2.33. The van der Waals surface area contributed by atoms with Crippen LogP contribution in [0.2, 0.25) is 0 Å². The van der Waals surface area contributed by atoms with E-state index in [1.807, 2.05) is 6.20 Å². The summed E-state index contributed by atoms with van der Waals surface area (Å²) >= 11 is 3.54. The molecule has 0 radical (unpaired) electrons. The van der Waals surface area contributed by atoms with Gasteiger partial charge in [-0.1, -0.05) is 76.6 Å². The van der Waals surface area contributed by atoms with Gasteiger partial charge in [0.15, 0.2) is 5.65 Å². The number of halogens is 1. The van der Waals surface area contributed by atoms with Gasteiger partial charge in [0.25, 0.3) is 0 Å². The summed E-state index contributed by atoms with van der Waals surface area (Å²) in [5.74, 6) is 0. The van der Waals surface area contributed by atoms with Gasteiger partial charge in [0.2, 0.25) is 0 Å². The molecule has 32 heavy (non-hydrogen) atoms. The summed E-state index contributed by atoms with van der Waals surface area (Å²) in [4.78, 5) is 4.90. The second-order valence-electron chi connectivity index (χ2n) is 8.18. The zero-order valence-corrected chi connectivity index (χ0v) is 19.2. The van der Waals surface area contributed by atoms with Gasteiger partial charge in [0, 0.05) is 39.1 Å². The average molecular weight is 480 g/mol. The fraction of sp³-hybridized carbons (Fsp3) is 0.107. The number of aryl methyl sites for hydroxylation is 2. The van der Waals surface area contributed by atoms with Crippen molar-refractivity contribution < 1.29 is 0 Å². The van der Waals surface area contributed by atoms with E-state index in [-0.39, 0.29) is 0 Å². The molecule has 3 nitrogen and oxygen atoms in total. The third kappa shape index (κ3) is 3.23. The van der Waals surface area contributed by atoms with Crippen LogP contribution in [0.4, 0.5) is 0 Å². The maximum Gasteiger partial charge on any atom is 0.161 e. The predicted molar refractivity (Wildman–Crippen MR) is 136 cm³/mol. The highest BCUT2D eigenvalue weighted by Gasteiger charge is 2.16. The second kappa shape index (κ2) is 7.95. The minimum absolute atomic E-state index is 0.957. The lowest BCUT2D eigenvalue weighted by Crippen LogP contribution is -2.01. The Morgan fingerprint density at radius 1 is 0.781 bits per heavy atom. The molecule has 0 atom stereocenters. The molecule has 156 valence electrons. The molecule has 0 N–H and O–H groups in total. The van der Waals surface area contributed by atoms with Crippen molar-refractivity contribution in [1.29, 1.82) is 0 Å². The van der Waals surface area contributed by atoms with Crippen LogP contribution in [0.3, 0.4) is 0 Å². The van der Waals surface area contributed by atoms with Gasteiger partial charge in [0.05, 0.1) is 17.4 Å². The number of hydrogen-bond donors (Lipinski definition) is 0. The van der Waals surface area contributed by atoms with E-state index in [0.717, 1.165) is 40.8 Å². The van der Waals surface area contributed by atoms with E-state index in [4.69, 9.17) is 4.98 Å². The Bertz CT molecular complexity index is 1540. The average Bonchev–Trinajstić information content (AvgIpc) is 3.40. The summed E-state index contributed by atoms with van der Waals surface area (Å²) in [6.07, 6.45) is 6.29. The fourth-order valence-electron chi connectivity index (χ4n) is 4.73. The molecule has 0 spiro atoms. The first kappa shape index (κ1) is 19.3. The number of imidazole rings is 1. The highest BCUT2D eigenvalue weighted by atomic mass is 79.9. The Morgan fingerprint density at radius 3 is 2.41 bits per heavy atom. The molecule has 3 heterocycles. The van der Waals surface area contributed by atoms with Crippen LogP contribution in [0.5, 0.6) is 0 Å². The molecule has 4 heteroatoms. The van der Waals surface area contributed by atoms with E-state index in [1.165, 1.54) is 27.4 Å². The first-order valence-corrected chi connectivity index (χ1v) is 11.8. The second-order valence-corrected chi connectivity index (χ2v) is 9.10. The van der Waals surface area contributed by atoms with Gasteiger partial charge in [-0.05, 0) is 42.7 Å². The molecule has 0 saturated carbocycles. The van der Waals surface area contributed by atoms with Crippen LogP contribution >= 0.6 is 15.9 Å². The van der Waals surface area contributed by atoms with Crippen molar-refractivity contribution in [2.24, 2.45) is 0 Å². The molecular formula is C28H22BrN3. The van der Waals surface area contributed by atoms with Crippen molar-refractivity contribution in [2.75, 3.05) is 0 Å². The fourth-order valence-corrected chi connectivity index (χ4v) is 4.99. The first-order chi connectivity index (χ1) is 15.8. The SMILES string of the molecule is Brc1ccc(-c2cnc3c4c(ccn23)c2ccccc2n4CCCc2ccccc2)cc1. The lowest BCUT2D eigenvalue weighted by Gasteiger charge is -2.09. The van der Waals surface area contributed by atoms with Crippen molar-refractivity contribution in [1.82, 2.24) is 14.0 Å². The number of rotatable bonds is 5. The molecule has 0 fully saturated rings. The van der Waals surface area contributed by atoms with Crippen LogP contribution in [-0.2, 0) is 13.0 Å². The molecule has 0 aliphatic carbocycles. The Labute approximate surface area is 195 Å². The van der Waals surface area contributed by atoms with Gasteiger partial charge < -0.3 is 4.57 Å². The summed E-state index contributed by atoms with van der Waals surface area (Å²) in [5, 5.41) is 2.55. The maximum atomic E-state index is 4.90. The number of benzene rings is 3. The molecule has 0 unspecified atom stereocenters. The van der Waals surface area contributed by atoms with Crippen LogP contribution < -0.4 is 0 Å². The zero-order valence-electron chi connectivity index (χ0n) is 17.6. The topological polar surface area (TPSA) is 22.2 Å². The molecule has 0 aliphatic heterocycles.